The van der Waals surface area contributed by atoms with Crippen molar-refractivity contribution >= 4 is 5.97 Å². The first-order chi connectivity index (χ1) is 15.1. The summed E-state index contributed by atoms with van der Waals surface area (Å²) < 4.78 is 0. The zero-order valence-corrected chi connectivity index (χ0v) is 21.6. The summed E-state index contributed by atoms with van der Waals surface area (Å²) in [5, 5.41) is 18.2. The molecule has 1 atom stereocenters. The summed E-state index contributed by atoms with van der Waals surface area (Å²) >= 11 is 0. The van der Waals surface area contributed by atoms with E-state index in [1.54, 1.807) is 0 Å². The Morgan fingerprint density at radius 1 is 0.516 bits per heavy atom. The van der Waals surface area contributed by atoms with Gasteiger partial charge in [0.1, 0.15) is 0 Å². The third kappa shape index (κ3) is 34.2. The van der Waals surface area contributed by atoms with Gasteiger partial charge in [-0.2, -0.15) is 0 Å². The van der Waals surface area contributed by atoms with Gasteiger partial charge in [0.2, 0.25) is 0 Å². The molecule has 0 spiro atoms. The highest BCUT2D eigenvalue weighted by atomic mass is 16.4. The van der Waals surface area contributed by atoms with E-state index in [9.17, 15) is 9.90 Å². The molecule has 0 rings (SSSR count). The number of carboxylic acid groups (broad SMARTS) is 1. The Labute approximate surface area is 195 Å². The van der Waals surface area contributed by atoms with Gasteiger partial charge in [0.15, 0.2) is 0 Å². The van der Waals surface area contributed by atoms with Gasteiger partial charge >= 0.3 is 5.97 Å². The van der Waals surface area contributed by atoms with Gasteiger partial charge < -0.3 is 10.2 Å². The fraction of sp³-hybridized carbons (Fsp3) is 0.964. The van der Waals surface area contributed by atoms with E-state index in [4.69, 9.17) is 5.11 Å². The van der Waals surface area contributed by atoms with Crippen LogP contribution in [0.5, 0.6) is 0 Å². The monoisotopic (exact) mass is 442 g/mol. The van der Waals surface area contributed by atoms with Crippen LogP contribution in [0.25, 0.3) is 0 Å². The van der Waals surface area contributed by atoms with Crippen molar-refractivity contribution in [2.45, 2.75) is 175 Å². The highest BCUT2D eigenvalue weighted by Crippen LogP contribution is 2.14. The number of unbranched alkanes of at least 4 members (excludes halogenated alkanes) is 17. The Balaban J connectivity index is 0. The van der Waals surface area contributed by atoms with Crippen LogP contribution in [0, 0.1) is 0 Å². The van der Waals surface area contributed by atoms with E-state index in [0.717, 1.165) is 25.7 Å². The van der Waals surface area contributed by atoms with E-state index in [1.165, 1.54) is 116 Å². The lowest BCUT2D eigenvalue weighted by molar-refractivity contribution is -0.137. The lowest BCUT2D eigenvalue weighted by atomic mass is 10.0. The normalized spacial score (nSPS) is 11.7. The van der Waals surface area contributed by atoms with Gasteiger partial charge in [-0.1, -0.05) is 143 Å². The van der Waals surface area contributed by atoms with Crippen molar-refractivity contribution in [3.8, 4) is 0 Å². The first-order valence-corrected chi connectivity index (χ1v) is 14.0. The van der Waals surface area contributed by atoms with Gasteiger partial charge in [-0.25, -0.2) is 0 Å². The van der Waals surface area contributed by atoms with Crippen LogP contribution in [0.1, 0.15) is 168 Å². The van der Waals surface area contributed by atoms with Crippen LogP contribution >= 0.6 is 0 Å². The summed E-state index contributed by atoms with van der Waals surface area (Å²) in [7, 11) is 0. The van der Waals surface area contributed by atoms with Gasteiger partial charge in [-0.15, -0.1) is 0 Å². The van der Waals surface area contributed by atoms with Crippen molar-refractivity contribution in [3.63, 3.8) is 0 Å². The molecule has 31 heavy (non-hydrogen) atoms. The Bertz CT molecular complexity index is 330. The average molecular weight is 443 g/mol. The largest absolute Gasteiger partial charge is 0.481 e. The molecule has 0 aromatic rings. The second-order valence-corrected chi connectivity index (χ2v) is 9.39. The summed E-state index contributed by atoms with van der Waals surface area (Å²) in [6.07, 6.45) is 28.2. The lowest BCUT2D eigenvalue weighted by Crippen LogP contribution is -2.05. The van der Waals surface area contributed by atoms with Crippen molar-refractivity contribution in [1.29, 1.82) is 0 Å². The van der Waals surface area contributed by atoms with Gasteiger partial charge in [-0.05, 0) is 19.3 Å². The number of carbonyl (C=O) groups is 1. The van der Waals surface area contributed by atoms with E-state index in [2.05, 4.69) is 20.8 Å². The number of aliphatic hydroxyl groups excluding tert-OH is 1. The van der Waals surface area contributed by atoms with Crippen molar-refractivity contribution in [2.24, 2.45) is 0 Å². The van der Waals surface area contributed by atoms with E-state index >= 15 is 0 Å². The summed E-state index contributed by atoms with van der Waals surface area (Å²) in [4.78, 5) is 10.0. The molecule has 188 valence electrons. The third-order valence-corrected chi connectivity index (χ3v) is 6.03. The van der Waals surface area contributed by atoms with Crippen LogP contribution in [-0.4, -0.2) is 22.3 Å². The second-order valence-electron chi connectivity index (χ2n) is 9.39. The van der Waals surface area contributed by atoms with Crippen molar-refractivity contribution in [1.82, 2.24) is 0 Å². The van der Waals surface area contributed by atoms with Gasteiger partial charge in [0.25, 0.3) is 0 Å². The van der Waals surface area contributed by atoms with Crippen LogP contribution in [0.3, 0.4) is 0 Å². The molecule has 3 heteroatoms. The van der Waals surface area contributed by atoms with Crippen LogP contribution in [0.2, 0.25) is 0 Å². The molecular weight excluding hydrogens is 384 g/mol. The zero-order valence-electron chi connectivity index (χ0n) is 21.6. The predicted molar refractivity (Wildman–Crippen MR) is 137 cm³/mol. The Morgan fingerprint density at radius 3 is 1.13 bits per heavy atom. The highest BCUT2D eigenvalue weighted by Gasteiger charge is 2.03. The van der Waals surface area contributed by atoms with Crippen LogP contribution < -0.4 is 0 Å². The molecule has 0 saturated carbocycles. The molecule has 1 unspecified atom stereocenters. The fourth-order valence-corrected chi connectivity index (χ4v) is 3.88. The van der Waals surface area contributed by atoms with Crippen LogP contribution in [0.15, 0.2) is 0 Å². The third-order valence-electron chi connectivity index (χ3n) is 6.03. The smallest absolute Gasteiger partial charge is 0.303 e. The van der Waals surface area contributed by atoms with E-state index in [0.29, 0.717) is 6.42 Å². The van der Waals surface area contributed by atoms with Crippen LogP contribution in [-0.2, 0) is 4.79 Å². The number of hydrogen-bond donors (Lipinski definition) is 2. The van der Waals surface area contributed by atoms with Crippen molar-refractivity contribution in [2.75, 3.05) is 0 Å². The molecule has 0 aromatic carbocycles. The molecular formula is C28H58O3. The molecule has 0 saturated heterocycles. The van der Waals surface area contributed by atoms with Crippen LogP contribution in [0.4, 0.5) is 0 Å². The molecule has 0 fully saturated rings. The van der Waals surface area contributed by atoms with E-state index < -0.39 is 5.97 Å². The number of aliphatic hydroxyl groups is 1. The molecule has 0 aliphatic carbocycles. The average Bonchev–Trinajstić information content (AvgIpc) is 2.75. The number of hydrogen-bond acceptors (Lipinski definition) is 2. The SMILES string of the molecule is CCCCCCCC(=O)O.CCCCCCCCCCCC(O)CCCCCCCC. The van der Waals surface area contributed by atoms with Crippen molar-refractivity contribution < 1.29 is 15.0 Å². The molecule has 0 radical (unpaired) electrons. The topological polar surface area (TPSA) is 57.5 Å². The van der Waals surface area contributed by atoms with E-state index in [-0.39, 0.29) is 6.10 Å². The minimum Gasteiger partial charge on any atom is -0.481 e. The Hall–Kier alpha value is -0.570. The van der Waals surface area contributed by atoms with Crippen molar-refractivity contribution in [3.05, 3.63) is 0 Å². The molecule has 0 aromatic heterocycles. The molecule has 0 heterocycles. The number of rotatable bonds is 23. The molecule has 0 bridgehead atoms. The maximum atomic E-state index is 10.0. The van der Waals surface area contributed by atoms with Gasteiger partial charge in [0, 0.05) is 6.42 Å². The number of aliphatic carboxylic acids is 1. The van der Waals surface area contributed by atoms with Gasteiger partial charge in [0.05, 0.1) is 6.10 Å². The minimum absolute atomic E-state index is 0.0271. The molecule has 0 amide bonds. The standard InChI is InChI=1S/C20H42O.C8H16O2/c1-3-5-7-9-11-12-13-15-17-19-20(21)18-16-14-10-8-6-4-2;1-2-3-4-5-6-7-8(9)10/h20-21H,3-19H2,1-2H3;2-7H2,1H3,(H,9,10). The van der Waals surface area contributed by atoms with Gasteiger partial charge in [-0.3, -0.25) is 4.79 Å². The quantitative estimate of drug-likeness (QED) is 0.155. The Kier molecular flexibility index (Phi) is 31.0. The minimum atomic E-state index is -0.670. The molecule has 2 N–H and O–H groups in total. The molecule has 0 aliphatic heterocycles. The maximum absolute atomic E-state index is 10.0. The van der Waals surface area contributed by atoms with E-state index in [1.807, 2.05) is 0 Å². The highest BCUT2D eigenvalue weighted by molar-refractivity contribution is 5.66. The molecule has 0 aliphatic rings. The first-order valence-electron chi connectivity index (χ1n) is 14.0. The summed E-state index contributed by atoms with van der Waals surface area (Å²) in [5.41, 5.74) is 0. The fourth-order valence-electron chi connectivity index (χ4n) is 3.88. The first kappa shape index (κ1) is 32.6. The summed E-state index contributed by atoms with van der Waals surface area (Å²) in [5.74, 6) is -0.670. The zero-order chi connectivity index (χ0) is 23.4. The Morgan fingerprint density at radius 2 is 0.806 bits per heavy atom. The predicted octanol–water partition coefficient (Wildman–Crippen LogP) is 9.45. The second kappa shape index (κ2) is 29.4. The summed E-state index contributed by atoms with van der Waals surface area (Å²) in [6, 6.07) is 0. The summed E-state index contributed by atoms with van der Waals surface area (Å²) in [6.45, 7) is 6.68. The lowest BCUT2D eigenvalue weighted by Gasteiger charge is -2.10. The molecule has 3 nitrogen and oxygen atoms in total. The number of carboxylic acids is 1. The maximum Gasteiger partial charge on any atom is 0.303 e.